The summed E-state index contributed by atoms with van der Waals surface area (Å²) in [5, 5.41) is 3.02. The van der Waals surface area contributed by atoms with E-state index in [9.17, 15) is 13.2 Å². The molecule has 1 aliphatic rings. The van der Waals surface area contributed by atoms with E-state index in [1.54, 1.807) is 0 Å². The number of hydrogen-bond donors (Lipinski definition) is 1. The number of hydrogen-bond acceptors (Lipinski definition) is 1. The molecule has 1 unspecified atom stereocenters. The molecule has 1 aliphatic carbocycles. The molecule has 0 spiro atoms. The molecule has 84 valence electrons. The number of halogens is 3. The van der Waals surface area contributed by atoms with Crippen molar-refractivity contribution in [2.45, 2.75) is 45.3 Å². The standard InChI is InChI=1S/C10H18F3N/c1-7(2)9(8-3-4-8)14-6-5-10(11,12)13/h7-9,14H,3-6H2,1-2H3. The summed E-state index contributed by atoms with van der Waals surface area (Å²) >= 11 is 0. The number of rotatable bonds is 5. The van der Waals surface area contributed by atoms with Crippen LogP contribution in [0.5, 0.6) is 0 Å². The van der Waals surface area contributed by atoms with E-state index in [2.05, 4.69) is 19.2 Å². The third-order valence-corrected chi connectivity index (χ3v) is 2.64. The summed E-state index contributed by atoms with van der Waals surface area (Å²) in [4.78, 5) is 0. The molecule has 4 heteroatoms. The fraction of sp³-hybridized carbons (Fsp3) is 1.00. The van der Waals surface area contributed by atoms with Crippen LogP contribution in [0, 0.1) is 11.8 Å². The topological polar surface area (TPSA) is 12.0 Å². The lowest BCUT2D eigenvalue weighted by Gasteiger charge is -2.22. The van der Waals surface area contributed by atoms with Gasteiger partial charge in [0.15, 0.2) is 0 Å². The summed E-state index contributed by atoms with van der Waals surface area (Å²) in [6, 6.07) is 0.275. The molecule has 1 rings (SSSR count). The van der Waals surface area contributed by atoms with Crippen molar-refractivity contribution < 1.29 is 13.2 Å². The average Bonchev–Trinajstić information content (AvgIpc) is 2.77. The molecule has 0 aromatic carbocycles. The number of nitrogens with one attached hydrogen (secondary N) is 1. The monoisotopic (exact) mass is 209 g/mol. The smallest absolute Gasteiger partial charge is 0.313 e. The Bertz CT molecular complexity index is 171. The Morgan fingerprint density at radius 3 is 2.21 bits per heavy atom. The van der Waals surface area contributed by atoms with Crippen molar-refractivity contribution in [3.05, 3.63) is 0 Å². The van der Waals surface area contributed by atoms with Crippen LogP contribution in [-0.2, 0) is 0 Å². The molecule has 0 saturated heterocycles. The highest BCUT2D eigenvalue weighted by molar-refractivity contribution is 4.88. The van der Waals surface area contributed by atoms with Gasteiger partial charge in [-0.1, -0.05) is 13.8 Å². The zero-order valence-electron chi connectivity index (χ0n) is 8.69. The van der Waals surface area contributed by atoms with Crippen molar-refractivity contribution in [3.8, 4) is 0 Å². The molecule has 14 heavy (non-hydrogen) atoms. The Labute approximate surface area is 83.1 Å². The van der Waals surface area contributed by atoms with Gasteiger partial charge in [0.25, 0.3) is 0 Å². The first-order valence-corrected chi connectivity index (χ1v) is 5.20. The van der Waals surface area contributed by atoms with Gasteiger partial charge in [-0.3, -0.25) is 0 Å². The van der Waals surface area contributed by atoms with Crippen LogP contribution in [0.1, 0.15) is 33.1 Å². The predicted octanol–water partition coefficient (Wildman–Crippen LogP) is 2.96. The summed E-state index contributed by atoms with van der Waals surface area (Å²) in [5.74, 6) is 1.04. The Kier molecular flexibility index (Phi) is 3.81. The van der Waals surface area contributed by atoms with Gasteiger partial charge in [0.1, 0.15) is 0 Å². The van der Waals surface area contributed by atoms with Crippen molar-refractivity contribution in [2.75, 3.05) is 6.54 Å². The maximum atomic E-state index is 11.9. The van der Waals surface area contributed by atoms with E-state index in [0.717, 1.165) is 0 Å². The molecule has 1 N–H and O–H groups in total. The van der Waals surface area contributed by atoms with E-state index in [-0.39, 0.29) is 12.6 Å². The fourth-order valence-corrected chi connectivity index (χ4v) is 1.78. The van der Waals surface area contributed by atoms with Crippen LogP contribution < -0.4 is 5.32 Å². The molecule has 1 atom stereocenters. The average molecular weight is 209 g/mol. The van der Waals surface area contributed by atoms with Gasteiger partial charge in [-0.15, -0.1) is 0 Å². The van der Waals surface area contributed by atoms with Crippen molar-refractivity contribution in [3.63, 3.8) is 0 Å². The maximum Gasteiger partial charge on any atom is 0.390 e. The van der Waals surface area contributed by atoms with Gasteiger partial charge in [0.2, 0.25) is 0 Å². The summed E-state index contributed by atoms with van der Waals surface area (Å²) in [6.45, 7) is 4.18. The highest BCUT2D eigenvalue weighted by Crippen LogP contribution is 2.35. The third kappa shape index (κ3) is 4.31. The largest absolute Gasteiger partial charge is 0.390 e. The Hall–Kier alpha value is -0.250. The number of alkyl halides is 3. The minimum atomic E-state index is -4.03. The lowest BCUT2D eigenvalue weighted by Crippen LogP contribution is -2.37. The molecular formula is C10H18F3N. The van der Waals surface area contributed by atoms with Gasteiger partial charge in [-0.25, -0.2) is 0 Å². The lowest BCUT2D eigenvalue weighted by atomic mass is 9.99. The van der Waals surface area contributed by atoms with Crippen molar-refractivity contribution in [1.82, 2.24) is 5.32 Å². The summed E-state index contributed by atoms with van der Waals surface area (Å²) in [7, 11) is 0. The van der Waals surface area contributed by atoms with Gasteiger partial charge in [-0.05, 0) is 24.7 Å². The molecule has 0 aromatic heterocycles. The Morgan fingerprint density at radius 2 is 1.86 bits per heavy atom. The first-order valence-electron chi connectivity index (χ1n) is 5.20. The zero-order chi connectivity index (χ0) is 10.8. The fourth-order valence-electron chi connectivity index (χ4n) is 1.78. The molecular weight excluding hydrogens is 191 g/mol. The molecule has 0 aliphatic heterocycles. The summed E-state index contributed by atoms with van der Waals surface area (Å²) in [5.41, 5.74) is 0. The van der Waals surface area contributed by atoms with Crippen LogP contribution in [0.25, 0.3) is 0 Å². The molecule has 1 saturated carbocycles. The van der Waals surface area contributed by atoms with E-state index < -0.39 is 12.6 Å². The van der Waals surface area contributed by atoms with Crippen LogP contribution in [0.2, 0.25) is 0 Å². The SMILES string of the molecule is CC(C)C(NCCC(F)(F)F)C1CC1. The van der Waals surface area contributed by atoms with Crippen LogP contribution >= 0.6 is 0 Å². The highest BCUT2D eigenvalue weighted by Gasteiger charge is 2.34. The van der Waals surface area contributed by atoms with Crippen molar-refractivity contribution >= 4 is 0 Å². The van der Waals surface area contributed by atoms with E-state index in [0.29, 0.717) is 11.8 Å². The lowest BCUT2D eigenvalue weighted by molar-refractivity contribution is -0.133. The zero-order valence-corrected chi connectivity index (χ0v) is 8.69. The summed E-state index contributed by atoms with van der Waals surface area (Å²) < 4.78 is 35.7. The van der Waals surface area contributed by atoms with Gasteiger partial charge >= 0.3 is 6.18 Å². The van der Waals surface area contributed by atoms with E-state index >= 15 is 0 Å². The van der Waals surface area contributed by atoms with Gasteiger partial charge < -0.3 is 5.32 Å². The first-order chi connectivity index (χ1) is 6.40. The molecule has 1 fully saturated rings. The molecule has 0 aromatic rings. The van der Waals surface area contributed by atoms with Crippen LogP contribution in [0.4, 0.5) is 13.2 Å². The molecule has 0 amide bonds. The second-order valence-electron chi connectivity index (χ2n) is 4.43. The van der Waals surface area contributed by atoms with Crippen LogP contribution in [0.3, 0.4) is 0 Å². The quantitative estimate of drug-likeness (QED) is 0.734. The third-order valence-electron chi connectivity index (χ3n) is 2.64. The molecule has 1 nitrogen and oxygen atoms in total. The predicted molar refractivity (Wildman–Crippen MR) is 50.0 cm³/mol. The van der Waals surface area contributed by atoms with Gasteiger partial charge in [0, 0.05) is 12.6 Å². The van der Waals surface area contributed by atoms with Gasteiger partial charge in [0.05, 0.1) is 6.42 Å². The Morgan fingerprint density at radius 1 is 1.29 bits per heavy atom. The van der Waals surface area contributed by atoms with E-state index in [4.69, 9.17) is 0 Å². The van der Waals surface area contributed by atoms with E-state index in [1.807, 2.05) is 0 Å². The highest BCUT2D eigenvalue weighted by atomic mass is 19.4. The van der Waals surface area contributed by atoms with Crippen molar-refractivity contribution in [2.24, 2.45) is 11.8 Å². The second kappa shape index (κ2) is 4.51. The van der Waals surface area contributed by atoms with E-state index in [1.165, 1.54) is 12.8 Å². The maximum absolute atomic E-state index is 11.9. The van der Waals surface area contributed by atoms with Crippen LogP contribution in [-0.4, -0.2) is 18.8 Å². The minimum absolute atomic E-state index is 0.0584. The second-order valence-corrected chi connectivity index (χ2v) is 4.43. The molecule has 0 heterocycles. The minimum Gasteiger partial charge on any atom is -0.313 e. The normalized spacial score (nSPS) is 20.1. The van der Waals surface area contributed by atoms with Gasteiger partial charge in [-0.2, -0.15) is 13.2 Å². The molecule has 0 radical (unpaired) electrons. The van der Waals surface area contributed by atoms with Crippen LogP contribution in [0.15, 0.2) is 0 Å². The Balaban J connectivity index is 2.20. The van der Waals surface area contributed by atoms with Crippen molar-refractivity contribution in [1.29, 1.82) is 0 Å². The molecule has 0 bridgehead atoms. The summed E-state index contributed by atoms with van der Waals surface area (Å²) in [6.07, 6.45) is -2.41. The first kappa shape index (κ1) is 11.8.